The molecule has 0 heterocycles. The van der Waals surface area contributed by atoms with Gasteiger partial charge in [0.1, 0.15) is 5.56 Å². The first kappa shape index (κ1) is 15.4. The Bertz CT molecular complexity index is 544. The molecule has 0 aromatic heterocycles. The lowest BCUT2D eigenvalue weighted by molar-refractivity contribution is -0.385. The molecule has 1 aromatic carbocycles. The zero-order valence-electron chi connectivity index (χ0n) is 12.0. The second-order valence-corrected chi connectivity index (χ2v) is 5.57. The van der Waals surface area contributed by atoms with Gasteiger partial charge in [-0.2, -0.15) is 0 Å². The maximum atomic E-state index is 12.3. The van der Waals surface area contributed by atoms with Crippen molar-refractivity contribution in [3.63, 3.8) is 0 Å². The van der Waals surface area contributed by atoms with Crippen molar-refractivity contribution in [3.8, 4) is 0 Å². The van der Waals surface area contributed by atoms with Crippen LogP contribution in [0.3, 0.4) is 0 Å². The Kier molecular flexibility index (Phi) is 4.90. The largest absolute Gasteiger partial charge is 0.396 e. The minimum Gasteiger partial charge on any atom is -0.396 e. The van der Waals surface area contributed by atoms with Crippen LogP contribution in [0.2, 0.25) is 0 Å². The Morgan fingerprint density at radius 1 is 1.43 bits per heavy atom. The van der Waals surface area contributed by atoms with Gasteiger partial charge in [0.2, 0.25) is 0 Å². The Morgan fingerprint density at radius 2 is 2.14 bits per heavy atom. The third kappa shape index (κ3) is 3.39. The number of hydrogen-bond acceptors (Lipinski definition) is 4. The topological polar surface area (TPSA) is 92.5 Å². The standard InChI is InChI=1S/C15H20N2O4/c1-10-4-2-7-13(17(20)21)14(10)15(19)16-8-11-5-3-6-12(11)9-18/h2,4,7,11-12,18H,3,5-6,8-9H2,1H3,(H,16,19). The lowest BCUT2D eigenvalue weighted by Gasteiger charge is -2.18. The first-order valence-corrected chi connectivity index (χ1v) is 7.17. The zero-order valence-corrected chi connectivity index (χ0v) is 12.0. The maximum absolute atomic E-state index is 12.3. The summed E-state index contributed by atoms with van der Waals surface area (Å²) in [6.07, 6.45) is 3.00. The minimum atomic E-state index is -0.534. The second-order valence-electron chi connectivity index (χ2n) is 5.57. The number of aliphatic hydroxyl groups excluding tert-OH is 1. The molecule has 6 heteroatoms. The summed E-state index contributed by atoms with van der Waals surface area (Å²) in [7, 11) is 0. The van der Waals surface area contributed by atoms with E-state index in [4.69, 9.17) is 0 Å². The smallest absolute Gasteiger partial charge is 0.282 e. The molecule has 114 valence electrons. The average Bonchev–Trinajstić information content (AvgIpc) is 2.91. The van der Waals surface area contributed by atoms with E-state index in [0.29, 0.717) is 12.1 Å². The molecule has 1 amide bonds. The molecule has 1 saturated carbocycles. The van der Waals surface area contributed by atoms with Gasteiger partial charge in [-0.05, 0) is 37.2 Å². The van der Waals surface area contributed by atoms with Crippen molar-refractivity contribution in [3.05, 3.63) is 39.4 Å². The zero-order chi connectivity index (χ0) is 15.4. The summed E-state index contributed by atoms with van der Waals surface area (Å²) >= 11 is 0. The summed E-state index contributed by atoms with van der Waals surface area (Å²) < 4.78 is 0. The lowest BCUT2D eigenvalue weighted by atomic mass is 9.96. The van der Waals surface area contributed by atoms with Gasteiger partial charge in [0.15, 0.2) is 0 Å². The van der Waals surface area contributed by atoms with Crippen molar-refractivity contribution in [1.82, 2.24) is 5.32 Å². The van der Waals surface area contributed by atoms with Crippen LogP contribution in [0.15, 0.2) is 18.2 Å². The number of rotatable bonds is 5. The molecule has 0 saturated heterocycles. The van der Waals surface area contributed by atoms with Crippen molar-refractivity contribution < 1.29 is 14.8 Å². The maximum Gasteiger partial charge on any atom is 0.282 e. The van der Waals surface area contributed by atoms with Gasteiger partial charge in [-0.25, -0.2) is 0 Å². The van der Waals surface area contributed by atoms with E-state index in [1.54, 1.807) is 19.1 Å². The van der Waals surface area contributed by atoms with E-state index in [9.17, 15) is 20.0 Å². The molecule has 1 aliphatic rings. The van der Waals surface area contributed by atoms with Gasteiger partial charge < -0.3 is 10.4 Å². The Balaban J connectivity index is 2.09. The third-order valence-corrected chi connectivity index (χ3v) is 4.25. The molecule has 21 heavy (non-hydrogen) atoms. The number of benzene rings is 1. The fourth-order valence-corrected chi connectivity index (χ4v) is 3.03. The highest BCUT2D eigenvalue weighted by molar-refractivity contribution is 5.99. The summed E-state index contributed by atoms with van der Waals surface area (Å²) in [5, 5.41) is 23.1. The monoisotopic (exact) mass is 292 g/mol. The van der Waals surface area contributed by atoms with E-state index in [-0.39, 0.29) is 29.7 Å². The van der Waals surface area contributed by atoms with Crippen LogP contribution < -0.4 is 5.32 Å². The molecule has 1 aliphatic carbocycles. The molecule has 0 spiro atoms. The molecular weight excluding hydrogens is 272 g/mol. The van der Waals surface area contributed by atoms with Gasteiger partial charge in [0, 0.05) is 19.2 Å². The average molecular weight is 292 g/mol. The van der Waals surface area contributed by atoms with E-state index in [1.807, 2.05) is 0 Å². The van der Waals surface area contributed by atoms with Crippen molar-refractivity contribution in [2.45, 2.75) is 26.2 Å². The number of nitrogens with zero attached hydrogens (tertiary/aromatic N) is 1. The molecule has 2 rings (SSSR count). The Labute approximate surface area is 123 Å². The molecule has 0 aliphatic heterocycles. The van der Waals surface area contributed by atoms with Crippen LogP contribution in [0.4, 0.5) is 5.69 Å². The SMILES string of the molecule is Cc1cccc([N+](=O)[O-])c1C(=O)NCC1CCCC1CO. The summed E-state index contributed by atoms with van der Waals surface area (Å²) in [6.45, 7) is 2.27. The highest BCUT2D eigenvalue weighted by atomic mass is 16.6. The van der Waals surface area contributed by atoms with Crippen molar-refractivity contribution >= 4 is 11.6 Å². The fraction of sp³-hybridized carbons (Fsp3) is 0.533. The summed E-state index contributed by atoms with van der Waals surface area (Å²) in [6, 6.07) is 4.60. The second kappa shape index (κ2) is 6.67. The van der Waals surface area contributed by atoms with Crippen LogP contribution in [0.25, 0.3) is 0 Å². The van der Waals surface area contributed by atoms with Crippen LogP contribution in [0.5, 0.6) is 0 Å². The number of aryl methyl sites for hydroxylation is 1. The van der Waals surface area contributed by atoms with Gasteiger partial charge in [0.25, 0.3) is 11.6 Å². The summed E-state index contributed by atoms with van der Waals surface area (Å²) in [5.41, 5.74) is 0.547. The molecule has 1 aromatic rings. The first-order valence-electron chi connectivity index (χ1n) is 7.17. The minimum absolute atomic E-state index is 0.126. The molecule has 2 unspecified atom stereocenters. The van der Waals surface area contributed by atoms with Gasteiger partial charge >= 0.3 is 0 Å². The number of carbonyl (C=O) groups excluding carboxylic acids is 1. The molecule has 0 bridgehead atoms. The van der Waals surface area contributed by atoms with Gasteiger partial charge in [-0.1, -0.05) is 18.6 Å². The first-order chi connectivity index (χ1) is 10.0. The number of carbonyl (C=O) groups is 1. The van der Waals surface area contributed by atoms with Crippen LogP contribution >= 0.6 is 0 Å². The molecule has 6 nitrogen and oxygen atoms in total. The molecular formula is C15H20N2O4. The Morgan fingerprint density at radius 3 is 2.81 bits per heavy atom. The van der Waals surface area contributed by atoms with Crippen molar-refractivity contribution in [2.75, 3.05) is 13.2 Å². The summed E-state index contributed by atoms with van der Waals surface area (Å²) in [4.78, 5) is 22.8. The third-order valence-electron chi connectivity index (χ3n) is 4.25. The van der Waals surface area contributed by atoms with Gasteiger partial charge in [-0.3, -0.25) is 14.9 Å². The number of hydrogen-bond donors (Lipinski definition) is 2. The highest BCUT2D eigenvalue weighted by Gasteiger charge is 2.28. The van der Waals surface area contributed by atoms with E-state index in [1.165, 1.54) is 6.07 Å². The quantitative estimate of drug-likeness (QED) is 0.641. The number of amides is 1. The van der Waals surface area contributed by atoms with Crippen molar-refractivity contribution in [2.24, 2.45) is 11.8 Å². The van der Waals surface area contributed by atoms with Crippen LogP contribution in [0.1, 0.15) is 35.2 Å². The number of nitro benzene ring substituents is 1. The van der Waals surface area contributed by atoms with Gasteiger partial charge in [-0.15, -0.1) is 0 Å². The highest BCUT2D eigenvalue weighted by Crippen LogP contribution is 2.31. The van der Waals surface area contributed by atoms with E-state index < -0.39 is 10.8 Å². The van der Waals surface area contributed by atoms with Crippen LogP contribution in [-0.4, -0.2) is 29.1 Å². The molecule has 2 N–H and O–H groups in total. The van der Waals surface area contributed by atoms with Crippen LogP contribution in [0, 0.1) is 28.9 Å². The fourth-order valence-electron chi connectivity index (χ4n) is 3.03. The molecule has 2 atom stereocenters. The Hall–Kier alpha value is -1.95. The number of nitrogens with one attached hydrogen (secondary N) is 1. The van der Waals surface area contributed by atoms with Crippen LogP contribution in [-0.2, 0) is 0 Å². The molecule has 1 fully saturated rings. The van der Waals surface area contributed by atoms with E-state index in [0.717, 1.165) is 19.3 Å². The van der Waals surface area contributed by atoms with Crippen molar-refractivity contribution in [1.29, 1.82) is 0 Å². The predicted molar refractivity (Wildman–Crippen MR) is 78.1 cm³/mol. The lowest BCUT2D eigenvalue weighted by Crippen LogP contribution is -2.32. The van der Waals surface area contributed by atoms with E-state index in [2.05, 4.69) is 5.32 Å². The van der Waals surface area contributed by atoms with Gasteiger partial charge in [0.05, 0.1) is 4.92 Å². The normalized spacial score (nSPS) is 21.2. The predicted octanol–water partition coefficient (Wildman–Crippen LogP) is 2.04. The molecule has 0 radical (unpaired) electrons. The number of nitro groups is 1. The summed E-state index contributed by atoms with van der Waals surface area (Å²) in [5.74, 6) is 0.0579. The van der Waals surface area contributed by atoms with E-state index >= 15 is 0 Å². The number of aliphatic hydroxyl groups is 1.